The molecule has 0 aliphatic carbocycles. The molecule has 0 unspecified atom stereocenters. The molecule has 23 heavy (non-hydrogen) atoms. The Bertz CT molecular complexity index is 667. The van der Waals surface area contributed by atoms with Crippen molar-refractivity contribution >= 4 is 15.9 Å². The second-order valence-electron chi connectivity index (χ2n) is 6.04. The Morgan fingerprint density at radius 2 is 2.22 bits per heavy atom. The zero-order chi connectivity index (χ0) is 16.4. The van der Waals surface area contributed by atoms with Crippen molar-refractivity contribution in [3.8, 4) is 0 Å². The molecule has 2 fully saturated rings. The van der Waals surface area contributed by atoms with Gasteiger partial charge in [0.25, 0.3) is 5.91 Å². The zero-order valence-electron chi connectivity index (χ0n) is 12.9. The number of fused-ring (bicyclic) bond motifs is 1. The Morgan fingerprint density at radius 3 is 2.91 bits per heavy atom. The van der Waals surface area contributed by atoms with Gasteiger partial charge in [0.2, 0.25) is 10.0 Å². The molecule has 0 bridgehead atoms. The Morgan fingerprint density at radius 1 is 1.39 bits per heavy atom. The van der Waals surface area contributed by atoms with E-state index in [0.29, 0.717) is 13.2 Å². The molecule has 0 spiro atoms. The van der Waals surface area contributed by atoms with Crippen LogP contribution < -0.4 is 4.72 Å². The van der Waals surface area contributed by atoms with Crippen molar-refractivity contribution in [3.05, 3.63) is 24.3 Å². The van der Waals surface area contributed by atoms with Gasteiger partial charge in [-0.15, -0.1) is 0 Å². The van der Waals surface area contributed by atoms with E-state index >= 15 is 0 Å². The number of nitrogens with zero attached hydrogens (tertiary/aromatic N) is 3. The standard InChI is InChI=1S/C14H20N4O4S/c1-23(20,21)17-12-9-18(8-10-3-2-6-22-13(10)12)14(19)11-7-15-4-5-16-11/h4-5,7,10,12-13,17H,2-3,6,8-9H2,1H3/t10-,12+,13-/m0/s1. The van der Waals surface area contributed by atoms with E-state index in [0.717, 1.165) is 19.1 Å². The van der Waals surface area contributed by atoms with Crippen molar-refractivity contribution < 1.29 is 17.9 Å². The van der Waals surface area contributed by atoms with Gasteiger partial charge in [-0.2, -0.15) is 0 Å². The van der Waals surface area contributed by atoms with E-state index in [4.69, 9.17) is 4.74 Å². The summed E-state index contributed by atoms with van der Waals surface area (Å²) in [7, 11) is -3.38. The maximum Gasteiger partial charge on any atom is 0.274 e. The van der Waals surface area contributed by atoms with Gasteiger partial charge in [0.1, 0.15) is 5.69 Å². The number of ether oxygens (including phenoxy) is 1. The molecule has 8 nitrogen and oxygen atoms in total. The molecular formula is C14H20N4O4S. The number of hydrogen-bond acceptors (Lipinski definition) is 6. The Hall–Kier alpha value is -1.58. The third-order valence-corrected chi connectivity index (χ3v) is 4.93. The highest BCUT2D eigenvalue weighted by Gasteiger charge is 2.42. The summed E-state index contributed by atoms with van der Waals surface area (Å²) in [4.78, 5) is 22.2. The van der Waals surface area contributed by atoms with Gasteiger partial charge in [0, 0.05) is 38.0 Å². The van der Waals surface area contributed by atoms with Gasteiger partial charge in [-0.3, -0.25) is 9.78 Å². The van der Waals surface area contributed by atoms with Crippen LogP contribution in [0.4, 0.5) is 0 Å². The predicted octanol–water partition coefficient (Wildman–Crippen LogP) is -0.355. The third-order valence-electron chi connectivity index (χ3n) is 4.20. The van der Waals surface area contributed by atoms with Crippen LogP contribution in [0, 0.1) is 5.92 Å². The SMILES string of the molecule is CS(=O)(=O)N[C@@H]1CN(C(=O)c2cnccn2)C[C@@H]2CCCO[C@@H]21. The minimum Gasteiger partial charge on any atom is -0.376 e. The second kappa shape index (κ2) is 6.50. The summed E-state index contributed by atoms with van der Waals surface area (Å²) in [6, 6.07) is -0.440. The maximum atomic E-state index is 12.6. The van der Waals surface area contributed by atoms with E-state index in [-0.39, 0.29) is 30.2 Å². The van der Waals surface area contributed by atoms with Crippen LogP contribution in [0.25, 0.3) is 0 Å². The summed E-state index contributed by atoms with van der Waals surface area (Å²) in [6.45, 7) is 1.44. The molecule has 2 aliphatic rings. The third kappa shape index (κ3) is 3.85. The first-order valence-corrected chi connectivity index (χ1v) is 9.47. The summed E-state index contributed by atoms with van der Waals surface area (Å²) in [6.07, 6.45) is 7.15. The van der Waals surface area contributed by atoms with Crippen molar-refractivity contribution in [1.29, 1.82) is 0 Å². The van der Waals surface area contributed by atoms with Crippen molar-refractivity contribution in [2.24, 2.45) is 5.92 Å². The highest BCUT2D eigenvalue weighted by molar-refractivity contribution is 7.88. The van der Waals surface area contributed by atoms with E-state index in [1.807, 2.05) is 0 Å². The number of aromatic nitrogens is 2. The molecule has 0 aromatic carbocycles. The van der Waals surface area contributed by atoms with Crippen LogP contribution in [0.2, 0.25) is 0 Å². The first-order valence-electron chi connectivity index (χ1n) is 7.58. The topological polar surface area (TPSA) is 101 Å². The number of nitrogens with one attached hydrogen (secondary N) is 1. The largest absolute Gasteiger partial charge is 0.376 e. The van der Waals surface area contributed by atoms with Crippen LogP contribution in [0.15, 0.2) is 18.6 Å². The highest BCUT2D eigenvalue weighted by Crippen LogP contribution is 2.29. The van der Waals surface area contributed by atoms with Crippen LogP contribution in [-0.2, 0) is 14.8 Å². The minimum atomic E-state index is -3.38. The van der Waals surface area contributed by atoms with E-state index in [1.165, 1.54) is 18.6 Å². The Balaban J connectivity index is 1.81. The molecule has 126 valence electrons. The Labute approximate surface area is 135 Å². The van der Waals surface area contributed by atoms with Crippen LogP contribution >= 0.6 is 0 Å². The number of carbonyl (C=O) groups is 1. The van der Waals surface area contributed by atoms with Gasteiger partial charge >= 0.3 is 0 Å². The fourth-order valence-electron chi connectivity index (χ4n) is 3.32. The normalized spacial score (nSPS) is 28.2. The number of piperidine rings is 1. The number of rotatable bonds is 3. The molecule has 0 radical (unpaired) electrons. The molecule has 1 N–H and O–H groups in total. The number of likely N-dealkylation sites (tertiary alicyclic amines) is 1. The summed E-state index contributed by atoms with van der Waals surface area (Å²) in [5.74, 6) is -0.111. The molecule has 1 amide bonds. The molecule has 2 aliphatic heterocycles. The molecule has 9 heteroatoms. The quantitative estimate of drug-likeness (QED) is 0.807. The average molecular weight is 340 g/mol. The first kappa shape index (κ1) is 16.3. The molecule has 1 aromatic rings. The number of sulfonamides is 1. The monoisotopic (exact) mass is 340 g/mol. The van der Waals surface area contributed by atoms with E-state index in [2.05, 4.69) is 14.7 Å². The van der Waals surface area contributed by atoms with Crippen LogP contribution in [0.1, 0.15) is 23.3 Å². The fraction of sp³-hybridized carbons (Fsp3) is 0.643. The van der Waals surface area contributed by atoms with E-state index in [9.17, 15) is 13.2 Å². The van der Waals surface area contributed by atoms with Crippen molar-refractivity contribution in [3.63, 3.8) is 0 Å². The lowest BCUT2D eigenvalue weighted by Crippen LogP contribution is -2.61. The smallest absolute Gasteiger partial charge is 0.274 e. The summed E-state index contributed by atoms with van der Waals surface area (Å²) < 4.78 is 31.6. The minimum absolute atomic E-state index is 0.123. The lowest BCUT2D eigenvalue weighted by Gasteiger charge is -2.45. The summed E-state index contributed by atoms with van der Waals surface area (Å²) in [5, 5.41) is 0. The average Bonchev–Trinajstić information content (AvgIpc) is 2.53. The van der Waals surface area contributed by atoms with Crippen molar-refractivity contribution in [2.45, 2.75) is 25.0 Å². The summed E-state index contributed by atoms with van der Waals surface area (Å²) >= 11 is 0. The van der Waals surface area contributed by atoms with Crippen molar-refractivity contribution in [2.75, 3.05) is 26.0 Å². The molecule has 3 rings (SSSR count). The van der Waals surface area contributed by atoms with Crippen LogP contribution in [0.3, 0.4) is 0 Å². The zero-order valence-corrected chi connectivity index (χ0v) is 13.7. The molecule has 2 saturated heterocycles. The van der Waals surface area contributed by atoms with Gasteiger partial charge in [0.05, 0.1) is 24.6 Å². The number of amides is 1. The summed E-state index contributed by atoms with van der Waals surface area (Å²) in [5.41, 5.74) is 0.265. The fourth-order valence-corrected chi connectivity index (χ4v) is 4.08. The second-order valence-corrected chi connectivity index (χ2v) is 7.82. The number of hydrogen-bond donors (Lipinski definition) is 1. The van der Waals surface area contributed by atoms with Crippen molar-refractivity contribution in [1.82, 2.24) is 19.6 Å². The lowest BCUT2D eigenvalue weighted by atomic mass is 9.85. The van der Waals surface area contributed by atoms with E-state index < -0.39 is 16.1 Å². The van der Waals surface area contributed by atoms with Crippen LogP contribution in [0.5, 0.6) is 0 Å². The van der Waals surface area contributed by atoms with Gasteiger partial charge < -0.3 is 9.64 Å². The number of carbonyl (C=O) groups excluding carboxylic acids is 1. The Kier molecular flexibility index (Phi) is 4.60. The maximum absolute atomic E-state index is 12.6. The predicted molar refractivity (Wildman–Crippen MR) is 82.2 cm³/mol. The lowest BCUT2D eigenvalue weighted by molar-refractivity contribution is -0.0750. The van der Waals surface area contributed by atoms with Gasteiger partial charge in [-0.1, -0.05) is 0 Å². The molecular weight excluding hydrogens is 320 g/mol. The van der Waals surface area contributed by atoms with Crippen LogP contribution in [-0.4, -0.2) is 67.3 Å². The first-order chi connectivity index (χ1) is 10.9. The van der Waals surface area contributed by atoms with E-state index in [1.54, 1.807) is 4.90 Å². The molecule has 1 aromatic heterocycles. The highest BCUT2D eigenvalue weighted by atomic mass is 32.2. The van der Waals surface area contributed by atoms with Gasteiger partial charge in [-0.25, -0.2) is 18.1 Å². The molecule has 3 heterocycles. The molecule has 3 atom stereocenters. The molecule has 0 saturated carbocycles. The van der Waals surface area contributed by atoms with Gasteiger partial charge in [-0.05, 0) is 12.8 Å². The van der Waals surface area contributed by atoms with Gasteiger partial charge in [0.15, 0.2) is 0 Å².